The molecule has 4 aromatic rings. The van der Waals surface area contributed by atoms with E-state index in [-0.39, 0.29) is 22.3 Å². The first-order chi connectivity index (χ1) is 17.2. The molecule has 5 heterocycles. The zero-order valence-corrected chi connectivity index (χ0v) is 18.9. The van der Waals surface area contributed by atoms with Crippen molar-refractivity contribution in [1.82, 2.24) is 35.3 Å². The molecule has 0 spiro atoms. The first-order valence-electron chi connectivity index (χ1n) is 10.7. The molecule has 0 saturated carbocycles. The van der Waals surface area contributed by atoms with Crippen molar-refractivity contribution in [2.24, 2.45) is 0 Å². The lowest BCUT2D eigenvalue weighted by molar-refractivity contribution is -0.137. The number of Topliss-reactive ketones (excluding diaryl/α,β-unsaturated/α-hetero) is 2. The van der Waals surface area contributed by atoms with Crippen LogP contribution in [0.2, 0.25) is 0 Å². The maximum absolute atomic E-state index is 13.9. The number of hydrogen-bond donors (Lipinski definition) is 2. The average molecular weight is 504 g/mol. The number of ketones is 2. The minimum Gasteiger partial charge on any atom is -0.357 e. The van der Waals surface area contributed by atoms with Gasteiger partial charge in [-0.2, -0.15) is 13.2 Å². The molecule has 1 fully saturated rings. The van der Waals surface area contributed by atoms with Crippen LogP contribution in [0.5, 0.6) is 0 Å². The second-order valence-electron chi connectivity index (χ2n) is 7.72. The number of pyridine rings is 2. The second-order valence-corrected chi connectivity index (χ2v) is 7.72. The lowest BCUT2D eigenvalue weighted by Crippen LogP contribution is -2.44. The van der Waals surface area contributed by atoms with Crippen molar-refractivity contribution in [1.29, 1.82) is 0 Å². The number of anilines is 1. The van der Waals surface area contributed by atoms with Gasteiger partial charge >= 0.3 is 6.18 Å². The fourth-order valence-electron chi connectivity index (χ4n) is 3.71. The summed E-state index contributed by atoms with van der Waals surface area (Å²) in [6, 6.07) is 2.39. The molecule has 1 aliphatic heterocycles. The fraction of sp³-hybridized carbons (Fsp3) is 0.273. The van der Waals surface area contributed by atoms with Crippen LogP contribution in [0, 0.1) is 5.82 Å². The molecule has 14 heteroatoms. The van der Waals surface area contributed by atoms with Gasteiger partial charge in [0, 0.05) is 45.5 Å². The summed E-state index contributed by atoms with van der Waals surface area (Å²) in [7, 11) is 0. The van der Waals surface area contributed by atoms with Gasteiger partial charge in [-0.05, 0) is 12.1 Å². The molecule has 1 saturated heterocycles. The largest absolute Gasteiger partial charge is 0.419 e. The molecule has 1 aliphatic rings. The number of nitrogens with zero attached hydrogens (tertiary/aromatic N) is 6. The molecular formula is C22H20F4N8O2. The number of aromatic nitrogens is 6. The summed E-state index contributed by atoms with van der Waals surface area (Å²) in [6.07, 6.45) is 2.30. The topological polar surface area (TPSA) is 122 Å². The summed E-state index contributed by atoms with van der Waals surface area (Å²) >= 11 is 0. The van der Waals surface area contributed by atoms with Crippen molar-refractivity contribution in [3.05, 3.63) is 60.1 Å². The van der Waals surface area contributed by atoms with Crippen LogP contribution in [0.4, 0.5) is 23.4 Å². The van der Waals surface area contributed by atoms with Gasteiger partial charge in [-0.1, -0.05) is 5.21 Å². The number of nitrogens with one attached hydrogen (secondary N) is 2. The Morgan fingerprint density at radius 3 is 2.47 bits per heavy atom. The van der Waals surface area contributed by atoms with Crippen molar-refractivity contribution in [3.63, 3.8) is 0 Å². The zero-order valence-electron chi connectivity index (χ0n) is 18.9. The minimum absolute atomic E-state index is 0.0192. The van der Waals surface area contributed by atoms with E-state index < -0.39 is 29.1 Å². The number of rotatable bonds is 4. The molecule has 2 N–H and O–H groups in total. The fourth-order valence-corrected chi connectivity index (χ4v) is 3.71. The van der Waals surface area contributed by atoms with Crippen LogP contribution in [0.25, 0.3) is 16.7 Å². The Hall–Kier alpha value is -4.20. The number of H-pyrrole nitrogens is 1. The van der Waals surface area contributed by atoms with Crippen LogP contribution >= 0.6 is 0 Å². The second kappa shape index (κ2) is 10.2. The third kappa shape index (κ3) is 5.07. The first-order valence-corrected chi connectivity index (χ1v) is 10.7. The molecular weight excluding hydrogens is 484 g/mol. The Morgan fingerprint density at radius 1 is 1.08 bits per heavy atom. The molecule has 0 radical (unpaired) electrons. The highest BCUT2D eigenvalue weighted by atomic mass is 19.4. The third-order valence-corrected chi connectivity index (χ3v) is 5.36. The number of carbonyl (C=O) groups excluding carboxylic acids is 2. The van der Waals surface area contributed by atoms with Gasteiger partial charge < -0.3 is 15.2 Å². The Kier molecular flexibility index (Phi) is 7.05. The van der Waals surface area contributed by atoms with E-state index in [4.69, 9.17) is 0 Å². The summed E-state index contributed by atoms with van der Waals surface area (Å²) in [5, 5.41) is 10.5. The Bertz CT molecular complexity index is 1380. The summed E-state index contributed by atoms with van der Waals surface area (Å²) in [6.45, 7) is 3.63. The van der Waals surface area contributed by atoms with Gasteiger partial charge in [-0.3, -0.25) is 9.59 Å². The SMILES string of the molecule is CC(=O)C(=O)c1c[nH]c2c(-n3ccnn3)ncc(F)c12.FC(F)(F)c1cccnc1N1CCNCC1. The van der Waals surface area contributed by atoms with Gasteiger partial charge in [0.1, 0.15) is 5.82 Å². The summed E-state index contributed by atoms with van der Waals surface area (Å²) < 4.78 is 53.4. The van der Waals surface area contributed by atoms with E-state index in [9.17, 15) is 27.2 Å². The number of alkyl halides is 3. The van der Waals surface area contributed by atoms with E-state index in [0.29, 0.717) is 32.0 Å². The predicted octanol–water partition coefficient (Wildman–Crippen LogP) is 2.56. The zero-order chi connectivity index (χ0) is 25.9. The van der Waals surface area contributed by atoms with E-state index in [1.165, 1.54) is 35.5 Å². The molecule has 36 heavy (non-hydrogen) atoms. The maximum atomic E-state index is 13.9. The van der Waals surface area contributed by atoms with E-state index in [2.05, 4.69) is 30.6 Å². The normalized spacial score (nSPS) is 13.9. The molecule has 5 rings (SSSR count). The number of carbonyl (C=O) groups is 2. The van der Waals surface area contributed by atoms with Crippen LogP contribution in [0.1, 0.15) is 22.8 Å². The highest BCUT2D eigenvalue weighted by Gasteiger charge is 2.35. The Labute approximate surface area is 201 Å². The summed E-state index contributed by atoms with van der Waals surface area (Å²) in [5.41, 5.74) is -0.397. The molecule has 188 valence electrons. The molecule has 10 nitrogen and oxygen atoms in total. The van der Waals surface area contributed by atoms with E-state index in [0.717, 1.165) is 19.2 Å². The summed E-state index contributed by atoms with van der Waals surface area (Å²) in [5.74, 6) is -1.77. The van der Waals surface area contributed by atoms with Crippen LogP contribution in [-0.2, 0) is 11.0 Å². The molecule has 0 aromatic carbocycles. The van der Waals surface area contributed by atoms with Gasteiger partial charge in [0.25, 0.3) is 0 Å². The van der Waals surface area contributed by atoms with Crippen molar-refractivity contribution in [3.8, 4) is 5.82 Å². The highest BCUT2D eigenvalue weighted by Crippen LogP contribution is 2.35. The molecule has 0 atom stereocenters. The van der Waals surface area contributed by atoms with Crippen LogP contribution in [-0.4, -0.2) is 67.7 Å². The van der Waals surface area contributed by atoms with Crippen LogP contribution < -0.4 is 10.2 Å². The number of halogens is 4. The third-order valence-electron chi connectivity index (χ3n) is 5.36. The molecule has 0 bridgehead atoms. The van der Waals surface area contributed by atoms with Crippen molar-refractivity contribution in [2.45, 2.75) is 13.1 Å². The van der Waals surface area contributed by atoms with Gasteiger partial charge in [0.2, 0.25) is 5.78 Å². The van der Waals surface area contributed by atoms with Crippen LogP contribution in [0.15, 0.2) is 43.1 Å². The summed E-state index contributed by atoms with van der Waals surface area (Å²) in [4.78, 5) is 35.2. The first kappa shape index (κ1) is 24.9. The Morgan fingerprint density at radius 2 is 1.83 bits per heavy atom. The minimum atomic E-state index is -4.34. The predicted molar refractivity (Wildman–Crippen MR) is 120 cm³/mol. The number of aromatic amines is 1. The van der Waals surface area contributed by atoms with E-state index >= 15 is 0 Å². The standard InChI is InChI=1S/C12H8FN5O2.C10H12F3N3/c1-6(19)11(20)7-4-14-10-9(7)8(13)5-15-12(10)18-3-2-16-17-18;11-10(12,13)8-2-1-3-15-9(8)16-6-4-14-5-7-16/h2-5,14H,1H3;1-3,14H,4-7H2. The monoisotopic (exact) mass is 504 g/mol. The molecule has 0 amide bonds. The van der Waals surface area contributed by atoms with Crippen LogP contribution in [0.3, 0.4) is 0 Å². The number of piperazine rings is 1. The molecule has 0 aliphatic carbocycles. The smallest absolute Gasteiger partial charge is 0.357 e. The highest BCUT2D eigenvalue weighted by molar-refractivity contribution is 6.45. The van der Waals surface area contributed by atoms with Gasteiger partial charge in [-0.25, -0.2) is 19.0 Å². The van der Waals surface area contributed by atoms with Gasteiger partial charge in [-0.15, -0.1) is 5.10 Å². The quantitative estimate of drug-likeness (QED) is 0.247. The maximum Gasteiger partial charge on any atom is 0.419 e. The van der Waals surface area contributed by atoms with Crippen molar-refractivity contribution < 1.29 is 27.2 Å². The average Bonchev–Trinajstić information content (AvgIpc) is 3.55. The number of hydrogen-bond acceptors (Lipinski definition) is 8. The van der Waals surface area contributed by atoms with E-state index in [1.54, 1.807) is 4.90 Å². The molecule has 4 aromatic heterocycles. The van der Waals surface area contributed by atoms with Gasteiger partial charge in [0.05, 0.1) is 40.6 Å². The van der Waals surface area contributed by atoms with Crippen molar-refractivity contribution in [2.75, 3.05) is 31.1 Å². The molecule has 0 unspecified atom stereocenters. The van der Waals surface area contributed by atoms with Gasteiger partial charge in [0.15, 0.2) is 17.4 Å². The van der Waals surface area contributed by atoms with Crippen molar-refractivity contribution >= 4 is 28.3 Å². The lowest BCUT2D eigenvalue weighted by Gasteiger charge is -2.30. The Balaban J connectivity index is 0.000000174. The lowest BCUT2D eigenvalue weighted by atomic mass is 10.1. The van der Waals surface area contributed by atoms with E-state index in [1.807, 2.05) is 0 Å². The number of fused-ring (bicyclic) bond motifs is 1.